The fourth-order valence-electron chi connectivity index (χ4n) is 2.10. The highest BCUT2D eigenvalue weighted by molar-refractivity contribution is 4.95. The van der Waals surface area contributed by atoms with Crippen LogP contribution < -0.4 is 5.73 Å². The van der Waals surface area contributed by atoms with Crippen LogP contribution in [0.1, 0.15) is 58.3 Å². The van der Waals surface area contributed by atoms with Gasteiger partial charge in [0.15, 0.2) is 0 Å². The quantitative estimate of drug-likeness (QED) is 0.598. The Labute approximate surface area is 87.3 Å². The van der Waals surface area contributed by atoms with Crippen LogP contribution in [0.2, 0.25) is 0 Å². The Bertz CT molecular complexity index is 156. The molecule has 0 aromatic rings. The predicted octanol–water partition coefficient (Wildman–Crippen LogP) is 3.42. The van der Waals surface area contributed by atoms with E-state index in [0.29, 0.717) is 12.3 Å². The van der Waals surface area contributed by atoms with Gasteiger partial charge in [-0.05, 0) is 25.2 Å². The summed E-state index contributed by atoms with van der Waals surface area (Å²) >= 11 is 0. The van der Waals surface area contributed by atoms with E-state index in [0.717, 1.165) is 19.3 Å². The first kappa shape index (κ1) is 12.0. The SMILES string of the molecule is CCCCCCCC(F)(CN)C1CC1. The Balaban J connectivity index is 2.08. The molecule has 1 saturated carbocycles. The zero-order valence-corrected chi connectivity index (χ0v) is 9.40. The van der Waals surface area contributed by atoms with Gasteiger partial charge in [-0.2, -0.15) is 0 Å². The van der Waals surface area contributed by atoms with Crippen molar-refractivity contribution in [3.05, 3.63) is 0 Å². The van der Waals surface area contributed by atoms with Crippen LogP contribution in [0.25, 0.3) is 0 Å². The summed E-state index contributed by atoms with van der Waals surface area (Å²) < 4.78 is 14.1. The fraction of sp³-hybridized carbons (Fsp3) is 1.00. The van der Waals surface area contributed by atoms with Crippen molar-refractivity contribution in [3.8, 4) is 0 Å². The Morgan fingerprint density at radius 3 is 2.36 bits per heavy atom. The van der Waals surface area contributed by atoms with Crippen molar-refractivity contribution in [2.75, 3.05) is 6.54 Å². The van der Waals surface area contributed by atoms with E-state index in [4.69, 9.17) is 5.73 Å². The molecule has 0 spiro atoms. The normalized spacial score (nSPS) is 20.8. The fourth-order valence-corrected chi connectivity index (χ4v) is 2.10. The number of hydrogen-bond donors (Lipinski definition) is 1. The lowest BCUT2D eigenvalue weighted by Crippen LogP contribution is -2.35. The van der Waals surface area contributed by atoms with E-state index >= 15 is 0 Å². The van der Waals surface area contributed by atoms with Crippen LogP contribution in [0.3, 0.4) is 0 Å². The number of unbranched alkanes of at least 4 members (excludes halogenated alkanes) is 4. The summed E-state index contributed by atoms with van der Waals surface area (Å²) in [6.07, 6.45) is 8.78. The van der Waals surface area contributed by atoms with Gasteiger partial charge in [-0.3, -0.25) is 0 Å². The van der Waals surface area contributed by atoms with Gasteiger partial charge in [-0.1, -0.05) is 39.0 Å². The summed E-state index contributed by atoms with van der Waals surface area (Å²) in [5.41, 5.74) is 4.49. The van der Waals surface area contributed by atoms with Crippen molar-refractivity contribution in [2.45, 2.75) is 64.0 Å². The van der Waals surface area contributed by atoms with Crippen LogP contribution in [-0.2, 0) is 0 Å². The molecule has 0 aliphatic heterocycles. The largest absolute Gasteiger partial charge is 0.328 e. The molecular weight excluding hydrogens is 177 g/mol. The zero-order chi connectivity index (χ0) is 10.4. The van der Waals surface area contributed by atoms with Gasteiger partial charge < -0.3 is 5.73 Å². The average molecular weight is 201 g/mol. The molecule has 2 N–H and O–H groups in total. The number of nitrogens with two attached hydrogens (primary N) is 1. The number of halogens is 1. The van der Waals surface area contributed by atoms with Crippen LogP contribution in [0, 0.1) is 5.92 Å². The molecular formula is C12H24FN. The maximum absolute atomic E-state index is 14.1. The highest BCUT2D eigenvalue weighted by atomic mass is 19.1. The van der Waals surface area contributed by atoms with Crippen molar-refractivity contribution in [2.24, 2.45) is 11.7 Å². The molecule has 84 valence electrons. The molecule has 0 amide bonds. The van der Waals surface area contributed by atoms with Gasteiger partial charge in [0.05, 0.1) is 0 Å². The van der Waals surface area contributed by atoms with Crippen LogP contribution in [-0.4, -0.2) is 12.2 Å². The number of rotatable bonds is 8. The second-order valence-electron chi connectivity index (χ2n) is 4.68. The van der Waals surface area contributed by atoms with Crippen molar-refractivity contribution in [1.29, 1.82) is 0 Å². The molecule has 1 fully saturated rings. The van der Waals surface area contributed by atoms with E-state index in [1.165, 1.54) is 25.7 Å². The minimum absolute atomic E-state index is 0.228. The first-order chi connectivity index (χ1) is 6.73. The van der Waals surface area contributed by atoms with Gasteiger partial charge in [-0.15, -0.1) is 0 Å². The van der Waals surface area contributed by atoms with Gasteiger partial charge in [0.1, 0.15) is 5.67 Å². The van der Waals surface area contributed by atoms with Crippen LogP contribution in [0.5, 0.6) is 0 Å². The van der Waals surface area contributed by atoms with Crippen molar-refractivity contribution < 1.29 is 4.39 Å². The van der Waals surface area contributed by atoms with Crippen LogP contribution in [0.4, 0.5) is 4.39 Å². The highest BCUT2D eigenvalue weighted by Gasteiger charge is 2.43. The van der Waals surface area contributed by atoms with E-state index in [2.05, 4.69) is 6.92 Å². The summed E-state index contributed by atoms with van der Waals surface area (Å²) in [6, 6.07) is 0. The first-order valence-electron chi connectivity index (χ1n) is 6.12. The maximum Gasteiger partial charge on any atom is 0.126 e. The standard InChI is InChI=1S/C12H24FN/c1-2-3-4-5-6-9-12(13,10-14)11-7-8-11/h11H,2-10,14H2,1H3. The summed E-state index contributed by atoms with van der Waals surface area (Å²) in [5.74, 6) is 0.290. The summed E-state index contributed by atoms with van der Waals surface area (Å²) in [4.78, 5) is 0. The van der Waals surface area contributed by atoms with Crippen LogP contribution in [0.15, 0.2) is 0 Å². The lowest BCUT2D eigenvalue weighted by molar-refractivity contribution is 0.125. The van der Waals surface area contributed by atoms with Crippen molar-refractivity contribution >= 4 is 0 Å². The second kappa shape index (κ2) is 5.69. The molecule has 0 aromatic heterocycles. The van der Waals surface area contributed by atoms with E-state index in [1.807, 2.05) is 0 Å². The molecule has 1 aliphatic rings. The predicted molar refractivity (Wildman–Crippen MR) is 59.0 cm³/mol. The smallest absolute Gasteiger partial charge is 0.126 e. The Hall–Kier alpha value is -0.110. The molecule has 0 bridgehead atoms. The summed E-state index contributed by atoms with van der Waals surface area (Å²) in [5, 5.41) is 0. The van der Waals surface area contributed by atoms with E-state index in [-0.39, 0.29) is 6.54 Å². The topological polar surface area (TPSA) is 26.0 Å². The summed E-state index contributed by atoms with van der Waals surface area (Å²) in [6.45, 7) is 2.43. The molecule has 1 unspecified atom stereocenters. The summed E-state index contributed by atoms with van der Waals surface area (Å²) in [7, 11) is 0. The van der Waals surface area contributed by atoms with E-state index in [1.54, 1.807) is 0 Å². The third-order valence-corrected chi connectivity index (χ3v) is 3.34. The maximum atomic E-state index is 14.1. The minimum atomic E-state index is -1.02. The monoisotopic (exact) mass is 201 g/mol. The molecule has 1 atom stereocenters. The average Bonchev–Trinajstić information content (AvgIpc) is 3.01. The van der Waals surface area contributed by atoms with E-state index in [9.17, 15) is 4.39 Å². The molecule has 1 aliphatic carbocycles. The molecule has 0 aromatic carbocycles. The Kier molecular flexibility index (Phi) is 4.86. The Morgan fingerprint density at radius 2 is 1.86 bits per heavy atom. The van der Waals surface area contributed by atoms with Crippen LogP contribution >= 0.6 is 0 Å². The van der Waals surface area contributed by atoms with E-state index < -0.39 is 5.67 Å². The number of alkyl halides is 1. The first-order valence-corrected chi connectivity index (χ1v) is 6.12. The molecule has 14 heavy (non-hydrogen) atoms. The van der Waals surface area contributed by atoms with Gasteiger partial charge in [-0.25, -0.2) is 4.39 Å². The van der Waals surface area contributed by atoms with Gasteiger partial charge in [0.25, 0.3) is 0 Å². The Morgan fingerprint density at radius 1 is 1.21 bits per heavy atom. The lowest BCUT2D eigenvalue weighted by atomic mass is 9.92. The number of hydrogen-bond acceptors (Lipinski definition) is 1. The minimum Gasteiger partial charge on any atom is -0.328 e. The van der Waals surface area contributed by atoms with Crippen molar-refractivity contribution in [3.63, 3.8) is 0 Å². The van der Waals surface area contributed by atoms with Crippen molar-refractivity contribution in [1.82, 2.24) is 0 Å². The molecule has 2 heteroatoms. The third kappa shape index (κ3) is 3.56. The van der Waals surface area contributed by atoms with Gasteiger partial charge in [0.2, 0.25) is 0 Å². The second-order valence-corrected chi connectivity index (χ2v) is 4.68. The molecule has 1 nitrogen and oxygen atoms in total. The zero-order valence-electron chi connectivity index (χ0n) is 9.40. The molecule has 1 rings (SSSR count). The van der Waals surface area contributed by atoms with Gasteiger partial charge >= 0.3 is 0 Å². The molecule has 0 heterocycles. The molecule has 0 radical (unpaired) electrons. The molecule has 0 saturated heterocycles. The third-order valence-electron chi connectivity index (χ3n) is 3.34. The highest BCUT2D eigenvalue weighted by Crippen LogP contribution is 2.44. The lowest BCUT2D eigenvalue weighted by Gasteiger charge is -2.23. The van der Waals surface area contributed by atoms with Gasteiger partial charge in [0, 0.05) is 6.54 Å².